The molecule has 0 amide bonds. The van der Waals surface area contributed by atoms with E-state index in [1.807, 2.05) is 12.1 Å². The smallest absolute Gasteiger partial charge is 0.0314 e. The molecule has 0 atom stereocenters. The van der Waals surface area contributed by atoms with Crippen LogP contribution in [0.1, 0.15) is 29.9 Å². The first-order valence-electron chi connectivity index (χ1n) is 7.93. The van der Waals surface area contributed by atoms with Crippen molar-refractivity contribution in [2.24, 2.45) is 0 Å². The Morgan fingerprint density at radius 2 is 1.55 bits per heavy atom. The van der Waals surface area contributed by atoms with Crippen LogP contribution in [0, 0.1) is 0 Å². The highest BCUT2D eigenvalue weighted by molar-refractivity contribution is 5.85. The van der Waals surface area contributed by atoms with E-state index in [2.05, 4.69) is 47.4 Å². The van der Waals surface area contributed by atoms with Gasteiger partial charge in [-0.25, -0.2) is 0 Å². The molecule has 1 saturated heterocycles. The second-order valence-electron chi connectivity index (χ2n) is 6.02. The fraction of sp³-hybridized carbons (Fsp3) is 0.368. The van der Waals surface area contributed by atoms with Crippen LogP contribution in [0.4, 0.5) is 5.69 Å². The molecule has 1 fully saturated rings. The van der Waals surface area contributed by atoms with Gasteiger partial charge in [0, 0.05) is 12.2 Å². The van der Waals surface area contributed by atoms with Crippen LogP contribution in [-0.4, -0.2) is 24.5 Å². The Morgan fingerprint density at radius 3 is 2.18 bits per heavy atom. The highest BCUT2D eigenvalue weighted by atomic mass is 35.5. The SMILES string of the molecule is Cl.Nc1ccc(C2CCN(CCc3ccccc3)CC2)cc1. The Bertz CT molecular complexity index is 545. The predicted octanol–water partition coefficient (Wildman–Crippen LogP) is 4.11. The van der Waals surface area contributed by atoms with Crippen molar-refractivity contribution in [2.75, 3.05) is 25.4 Å². The molecule has 0 radical (unpaired) electrons. The lowest BCUT2D eigenvalue weighted by Crippen LogP contribution is -2.34. The summed E-state index contributed by atoms with van der Waals surface area (Å²) < 4.78 is 0. The number of anilines is 1. The molecule has 1 aliphatic heterocycles. The lowest BCUT2D eigenvalue weighted by molar-refractivity contribution is 0.214. The molecule has 22 heavy (non-hydrogen) atoms. The number of hydrogen-bond acceptors (Lipinski definition) is 2. The van der Waals surface area contributed by atoms with Crippen molar-refractivity contribution in [3.05, 3.63) is 65.7 Å². The van der Waals surface area contributed by atoms with E-state index in [0.717, 1.165) is 12.1 Å². The van der Waals surface area contributed by atoms with Gasteiger partial charge < -0.3 is 10.6 Å². The number of likely N-dealkylation sites (tertiary alicyclic amines) is 1. The molecule has 0 aromatic heterocycles. The fourth-order valence-electron chi connectivity index (χ4n) is 3.19. The van der Waals surface area contributed by atoms with Gasteiger partial charge in [-0.2, -0.15) is 0 Å². The zero-order valence-corrected chi connectivity index (χ0v) is 13.8. The minimum absolute atomic E-state index is 0. The van der Waals surface area contributed by atoms with Crippen LogP contribution in [0.2, 0.25) is 0 Å². The van der Waals surface area contributed by atoms with Crippen molar-refractivity contribution in [1.82, 2.24) is 4.90 Å². The third-order valence-electron chi connectivity index (χ3n) is 4.55. The average Bonchev–Trinajstić information content (AvgIpc) is 2.55. The fourth-order valence-corrected chi connectivity index (χ4v) is 3.19. The van der Waals surface area contributed by atoms with Crippen LogP contribution in [0.3, 0.4) is 0 Å². The Labute approximate surface area is 139 Å². The number of hydrogen-bond donors (Lipinski definition) is 1. The summed E-state index contributed by atoms with van der Waals surface area (Å²) in [7, 11) is 0. The first-order chi connectivity index (χ1) is 10.3. The van der Waals surface area contributed by atoms with Crippen molar-refractivity contribution in [2.45, 2.75) is 25.2 Å². The minimum atomic E-state index is 0. The number of nitrogens with zero attached hydrogens (tertiary/aromatic N) is 1. The van der Waals surface area contributed by atoms with Gasteiger partial charge in [-0.1, -0.05) is 42.5 Å². The molecule has 0 bridgehead atoms. The Hall–Kier alpha value is -1.51. The van der Waals surface area contributed by atoms with Crippen molar-refractivity contribution in [1.29, 1.82) is 0 Å². The summed E-state index contributed by atoms with van der Waals surface area (Å²) >= 11 is 0. The number of piperidine rings is 1. The number of benzene rings is 2. The lowest BCUT2D eigenvalue weighted by atomic mass is 9.89. The average molecular weight is 317 g/mol. The molecule has 1 aliphatic rings. The molecule has 2 aromatic rings. The summed E-state index contributed by atoms with van der Waals surface area (Å²) in [6.45, 7) is 3.60. The molecule has 0 unspecified atom stereocenters. The van der Waals surface area contributed by atoms with Crippen molar-refractivity contribution in [3.8, 4) is 0 Å². The first-order valence-corrected chi connectivity index (χ1v) is 7.93. The maximum atomic E-state index is 5.76. The topological polar surface area (TPSA) is 29.3 Å². The van der Waals surface area contributed by atoms with Gasteiger partial charge in [-0.15, -0.1) is 12.4 Å². The molecule has 2 aromatic carbocycles. The van der Waals surface area contributed by atoms with E-state index in [1.54, 1.807) is 0 Å². The molecule has 0 spiro atoms. The van der Waals surface area contributed by atoms with E-state index in [1.165, 1.54) is 43.6 Å². The van der Waals surface area contributed by atoms with Gasteiger partial charge in [0.2, 0.25) is 0 Å². The molecule has 2 nitrogen and oxygen atoms in total. The Kier molecular flexibility index (Phi) is 6.29. The summed E-state index contributed by atoms with van der Waals surface area (Å²) in [6, 6.07) is 19.2. The van der Waals surface area contributed by atoms with Crippen LogP contribution < -0.4 is 5.73 Å². The van der Waals surface area contributed by atoms with Gasteiger partial charge in [0.25, 0.3) is 0 Å². The molecule has 2 N–H and O–H groups in total. The second kappa shape index (κ2) is 8.21. The first kappa shape index (κ1) is 16.9. The molecular weight excluding hydrogens is 292 g/mol. The second-order valence-corrected chi connectivity index (χ2v) is 6.02. The largest absolute Gasteiger partial charge is 0.399 e. The van der Waals surface area contributed by atoms with Crippen LogP contribution in [0.15, 0.2) is 54.6 Å². The molecular formula is C19H25ClN2. The number of halogens is 1. The standard InChI is InChI=1S/C19H24N2.ClH/c20-19-8-6-17(7-9-19)18-11-14-21(15-12-18)13-10-16-4-2-1-3-5-16;/h1-9,18H,10-15,20H2;1H. The highest BCUT2D eigenvalue weighted by Gasteiger charge is 2.20. The molecule has 3 rings (SSSR count). The van der Waals surface area contributed by atoms with Gasteiger partial charge in [-0.05, 0) is 61.5 Å². The minimum Gasteiger partial charge on any atom is -0.399 e. The summed E-state index contributed by atoms with van der Waals surface area (Å²) in [6.07, 6.45) is 3.69. The number of nitrogens with two attached hydrogens (primary N) is 1. The molecule has 118 valence electrons. The van der Waals surface area contributed by atoms with Gasteiger partial charge in [-0.3, -0.25) is 0 Å². The normalized spacial score (nSPS) is 16.2. The van der Waals surface area contributed by atoms with Gasteiger partial charge in [0.15, 0.2) is 0 Å². The van der Waals surface area contributed by atoms with E-state index in [0.29, 0.717) is 5.92 Å². The summed E-state index contributed by atoms with van der Waals surface area (Å²) in [5.74, 6) is 0.707. The van der Waals surface area contributed by atoms with E-state index in [4.69, 9.17) is 5.73 Å². The summed E-state index contributed by atoms with van der Waals surface area (Å²) in [5, 5.41) is 0. The van der Waals surface area contributed by atoms with E-state index in [9.17, 15) is 0 Å². The quantitative estimate of drug-likeness (QED) is 0.860. The lowest BCUT2D eigenvalue weighted by Gasteiger charge is -2.32. The van der Waals surface area contributed by atoms with Crippen LogP contribution in [-0.2, 0) is 6.42 Å². The monoisotopic (exact) mass is 316 g/mol. The predicted molar refractivity (Wildman–Crippen MR) is 96.7 cm³/mol. The zero-order valence-electron chi connectivity index (χ0n) is 12.9. The highest BCUT2D eigenvalue weighted by Crippen LogP contribution is 2.28. The van der Waals surface area contributed by atoms with Crippen LogP contribution in [0.5, 0.6) is 0 Å². The van der Waals surface area contributed by atoms with E-state index < -0.39 is 0 Å². The molecule has 0 aliphatic carbocycles. The van der Waals surface area contributed by atoms with E-state index >= 15 is 0 Å². The Balaban J connectivity index is 0.00000176. The molecule has 1 heterocycles. The van der Waals surface area contributed by atoms with E-state index in [-0.39, 0.29) is 12.4 Å². The molecule has 3 heteroatoms. The third kappa shape index (κ3) is 4.49. The molecule has 0 saturated carbocycles. The maximum absolute atomic E-state index is 5.76. The van der Waals surface area contributed by atoms with Gasteiger partial charge in [0.05, 0.1) is 0 Å². The summed E-state index contributed by atoms with van der Waals surface area (Å²) in [4.78, 5) is 2.60. The van der Waals surface area contributed by atoms with Crippen LogP contribution in [0.25, 0.3) is 0 Å². The zero-order chi connectivity index (χ0) is 14.5. The number of rotatable bonds is 4. The van der Waals surface area contributed by atoms with Crippen molar-refractivity contribution < 1.29 is 0 Å². The Morgan fingerprint density at radius 1 is 0.909 bits per heavy atom. The number of nitrogen functional groups attached to an aromatic ring is 1. The maximum Gasteiger partial charge on any atom is 0.0314 e. The third-order valence-corrected chi connectivity index (χ3v) is 4.55. The van der Waals surface area contributed by atoms with Crippen molar-refractivity contribution in [3.63, 3.8) is 0 Å². The van der Waals surface area contributed by atoms with Crippen molar-refractivity contribution >= 4 is 18.1 Å². The van der Waals surface area contributed by atoms with Crippen LogP contribution >= 0.6 is 12.4 Å². The summed E-state index contributed by atoms with van der Waals surface area (Å²) in [5.41, 5.74) is 9.52. The van der Waals surface area contributed by atoms with Gasteiger partial charge in [0.1, 0.15) is 0 Å². The van der Waals surface area contributed by atoms with Gasteiger partial charge >= 0.3 is 0 Å².